The van der Waals surface area contributed by atoms with Crippen molar-refractivity contribution in [1.29, 1.82) is 0 Å². The summed E-state index contributed by atoms with van der Waals surface area (Å²) in [7, 11) is 0. The third-order valence-electron chi connectivity index (χ3n) is 2.54. The summed E-state index contributed by atoms with van der Waals surface area (Å²) in [5.74, 6) is -1.51. The molecular weight excluding hydrogens is 250 g/mol. The van der Waals surface area contributed by atoms with Gasteiger partial charge in [0.15, 0.2) is 11.6 Å². The van der Waals surface area contributed by atoms with E-state index in [1.165, 1.54) is 6.07 Å². The van der Waals surface area contributed by atoms with Crippen LogP contribution in [-0.2, 0) is 0 Å². The Labute approximate surface area is 110 Å². The summed E-state index contributed by atoms with van der Waals surface area (Å²) in [6, 6.07) is 10.8. The fourth-order valence-electron chi connectivity index (χ4n) is 1.58. The van der Waals surface area contributed by atoms with Gasteiger partial charge >= 0.3 is 0 Å². The highest BCUT2D eigenvalue weighted by Gasteiger charge is 2.03. The molecule has 2 rings (SSSR count). The van der Waals surface area contributed by atoms with Crippen LogP contribution in [0.3, 0.4) is 0 Å². The largest absolute Gasteiger partial charge is 0.492 e. The molecule has 0 bridgehead atoms. The first kappa shape index (κ1) is 13.1. The lowest BCUT2D eigenvalue weighted by molar-refractivity contribution is 0.329. The number of hydrogen-bond donors (Lipinski definition) is 2. The second-order valence-electron chi connectivity index (χ2n) is 3.94. The first-order valence-corrected chi connectivity index (χ1v) is 5.83. The lowest BCUT2D eigenvalue weighted by Gasteiger charge is -2.10. The standard InChI is InChI=1S/C14H14F2N2O/c15-11-6-5-10(9-12(11)16)19-8-7-18-14-4-2-1-3-13(14)17/h1-6,9,18H,7-8,17H2. The summed E-state index contributed by atoms with van der Waals surface area (Å²) in [6.07, 6.45) is 0. The quantitative estimate of drug-likeness (QED) is 0.644. The Kier molecular flexibility index (Phi) is 4.18. The molecule has 0 aliphatic rings. The normalized spacial score (nSPS) is 10.2. The summed E-state index contributed by atoms with van der Waals surface area (Å²) >= 11 is 0. The van der Waals surface area contributed by atoms with E-state index in [0.29, 0.717) is 24.6 Å². The summed E-state index contributed by atoms with van der Waals surface area (Å²) in [5, 5.41) is 3.09. The first-order valence-electron chi connectivity index (χ1n) is 5.83. The van der Waals surface area contributed by atoms with E-state index in [1.54, 1.807) is 6.07 Å². The topological polar surface area (TPSA) is 47.3 Å². The number of halogens is 2. The van der Waals surface area contributed by atoms with Gasteiger partial charge in [-0.15, -0.1) is 0 Å². The Morgan fingerprint density at radius 2 is 1.84 bits per heavy atom. The van der Waals surface area contributed by atoms with Crippen molar-refractivity contribution < 1.29 is 13.5 Å². The number of rotatable bonds is 5. The molecule has 0 spiro atoms. The predicted molar refractivity (Wildman–Crippen MR) is 71.2 cm³/mol. The van der Waals surface area contributed by atoms with Crippen LogP contribution in [0.25, 0.3) is 0 Å². The first-order chi connectivity index (χ1) is 9.16. The molecule has 0 aliphatic heterocycles. The van der Waals surface area contributed by atoms with Gasteiger partial charge in [0.05, 0.1) is 11.4 Å². The van der Waals surface area contributed by atoms with Gasteiger partial charge < -0.3 is 15.8 Å². The van der Waals surface area contributed by atoms with Gasteiger partial charge in [0.25, 0.3) is 0 Å². The molecule has 0 aromatic heterocycles. The van der Waals surface area contributed by atoms with E-state index in [4.69, 9.17) is 10.5 Å². The molecule has 100 valence electrons. The number of benzene rings is 2. The van der Waals surface area contributed by atoms with E-state index in [-0.39, 0.29) is 0 Å². The predicted octanol–water partition coefficient (Wildman–Crippen LogP) is 3.04. The van der Waals surface area contributed by atoms with Crippen LogP contribution in [0, 0.1) is 11.6 Å². The fourth-order valence-corrected chi connectivity index (χ4v) is 1.58. The van der Waals surface area contributed by atoms with Gasteiger partial charge in [0, 0.05) is 12.6 Å². The minimum absolute atomic E-state index is 0.293. The highest BCUT2D eigenvalue weighted by molar-refractivity contribution is 5.65. The summed E-state index contributed by atoms with van der Waals surface area (Å²) in [4.78, 5) is 0. The maximum absolute atomic E-state index is 12.9. The van der Waals surface area contributed by atoms with Gasteiger partial charge in [0.2, 0.25) is 0 Å². The Hall–Kier alpha value is -2.30. The molecule has 0 unspecified atom stereocenters. The average molecular weight is 264 g/mol. The number of nitrogen functional groups attached to an aromatic ring is 1. The number of para-hydroxylation sites is 2. The average Bonchev–Trinajstić information content (AvgIpc) is 2.40. The molecule has 3 N–H and O–H groups in total. The van der Waals surface area contributed by atoms with E-state index < -0.39 is 11.6 Å². The van der Waals surface area contributed by atoms with Crippen LogP contribution in [0.5, 0.6) is 5.75 Å². The molecule has 2 aromatic carbocycles. The van der Waals surface area contributed by atoms with Gasteiger partial charge in [-0.25, -0.2) is 8.78 Å². The van der Waals surface area contributed by atoms with Gasteiger partial charge in [-0.2, -0.15) is 0 Å². The van der Waals surface area contributed by atoms with Crippen molar-refractivity contribution in [3.63, 3.8) is 0 Å². The molecule has 0 amide bonds. The molecule has 0 heterocycles. The van der Waals surface area contributed by atoms with Crippen molar-refractivity contribution in [2.75, 3.05) is 24.2 Å². The van der Waals surface area contributed by atoms with Gasteiger partial charge in [-0.1, -0.05) is 12.1 Å². The SMILES string of the molecule is Nc1ccccc1NCCOc1ccc(F)c(F)c1. The van der Waals surface area contributed by atoms with Crippen molar-refractivity contribution >= 4 is 11.4 Å². The third-order valence-corrected chi connectivity index (χ3v) is 2.54. The van der Waals surface area contributed by atoms with Gasteiger partial charge in [0.1, 0.15) is 12.4 Å². The molecule has 3 nitrogen and oxygen atoms in total. The monoisotopic (exact) mass is 264 g/mol. The Bertz CT molecular complexity index is 561. The zero-order chi connectivity index (χ0) is 13.7. The Morgan fingerprint density at radius 3 is 2.58 bits per heavy atom. The Morgan fingerprint density at radius 1 is 1.05 bits per heavy atom. The van der Waals surface area contributed by atoms with Crippen LogP contribution >= 0.6 is 0 Å². The van der Waals surface area contributed by atoms with Crippen molar-refractivity contribution in [2.24, 2.45) is 0 Å². The van der Waals surface area contributed by atoms with E-state index in [2.05, 4.69) is 5.32 Å². The van der Waals surface area contributed by atoms with Gasteiger partial charge in [-0.3, -0.25) is 0 Å². The molecule has 2 aromatic rings. The second-order valence-corrected chi connectivity index (χ2v) is 3.94. The maximum Gasteiger partial charge on any atom is 0.162 e. The van der Waals surface area contributed by atoms with E-state index >= 15 is 0 Å². The van der Waals surface area contributed by atoms with Crippen molar-refractivity contribution in [1.82, 2.24) is 0 Å². The lowest BCUT2D eigenvalue weighted by atomic mass is 10.3. The molecule has 5 heteroatoms. The van der Waals surface area contributed by atoms with E-state index in [9.17, 15) is 8.78 Å². The number of nitrogens with two attached hydrogens (primary N) is 1. The Balaban J connectivity index is 1.81. The van der Waals surface area contributed by atoms with Crippen LogP contribution in [0.4, 0.5) is 20.2 Å². The molecule has 0 aliphatic carbocycles. The molecule has 0 saturated heterocycles. The van der Waals surface area contributed by atoms with Crippen molar-refractivity contribution in [3.8, 4) is 5.75 Å². The minimum Gasteiger partial charge on any atom is -0.492 e. The maximum atomic E-state index is 12.9. The van der Waals surface area contributed by atoms with Gasteiger partial charge in [-0.05, 0) is 24.3 Å². The highest BCUT2D eigenvalue weighted by atomic mass is 19.2. The lowest BCUT2D eigenvalue weighted by Crippen LogP contribution is -2.12. The minimum atomic E-state index is -0.919. The summed E-state index contributed by atoms with van der Waals surface area (Å²) in [6.45, 7) is 0.826. The molecule has 0 atom stereocenters. The van der Waals surface area contributed by atoms with Crippen LogP contribution in [-0.4, -0.2) is 13.2 Å². The fraction of sp³-hybridized carbons (Fsp3) is 0.143. The third kappa shape index (κ3) is 3.58. The van der Waals surface area contributed by atoms with Crippen molar-refractivity contribution in [2.45, 2.75) is 0 Å². The molecule has 0 radical (unpaired) electrons. The van der Waals surface area contributed by atoms with E-state index in [0.717, 1.165) is 17.8 Å². The number of anilines is 2. The van der Waals surface area contributed by atoms with Crippen LogP contribution in [0.1, 0.15) is 0 Å². The zero-order valence-corrected chi connectivity index (χ0v) is 10.2. The number of ether oxygens (including phenoxy) is 1. The number of hydrogen-bond acceptors (Lipinski definition) is 3. The molecular formula is C14H14F2N2O. The zero-order valence-electron chi connectivity index (χ0n) is 10.2. The summed E-state index contributed by atoms with van der Waals surface area (Å²) in [5.41, 5.74) is 7.22. The van der Waals surface area contributed by atoms with Crippen LogP contribution in [0.2, 0.25) is 0 Å². The van der Waals surface area contributed by atoms with E-state index in [1.807, 2.05) is 18.2 Å². The van der Waals surface area contributed by atoms with Crippen LogP contribution in [0.15, 0.2) is 42.5 Å². The smallest absolute Gasteiger partial charge is 0.162 e. The number of nitrogens with one attached hydrogen (secondary N) is 1. The summed E-state index contributed by atoms with van der Waals surface area (Å²) < 4.78 is 30.9. The molecule has 0 saturated carbocycles. The van der Waals surface area contributed by atoms with Crippen LogP contribution < -0.4 is 15.8 Å². The molecule has 0 fully saturated rings. The molecule has 19 heavy (non-hydrogen) atoms. The van der Waals surface area contributed by atoms with Crippen molar-refractivity contribution in [3.05, 3.63) is 54.1 Å². The second kappa shape index (κ2) is 6.04. The highest BCUT2D eigenvalue weighted by Crippen LogP contribution is 2.17.